The van der Waals surface area contributed by atoms with E-state index in [0.717, 1.165) is 0 Å². The summed E-state index contributed by atoms with van der Waals surface area (Å²) in [4.78, 5) is 25.3. The number of anilines is 2. The maximum atomic E-state index is 12.2. The number of carbonyl (C=O) groups is 2. The largest absolute Gasteiger partial charge is 0.325 e. The lowest BCUT2D eigenvalue weighted by molar-refractivity contribution is -0.120. The van der Waals surface area contributed by atoms with Gasteiger partial charge in [0.25, 0.3) is 0 Å². The summed E-state index contributed by atoms with van der Waals surface area (Å²) in [5.74, 6) is -0.686. The predicted molar refractivity (Wildman–Crippen MR) is 89.3 cm³/mol. The minimum Gasteiger partial charge on any atom is -0.325 e. The molecule has 0 heterocycles. The molecule has 0 fully saturated rings. The van der Waals surface area contributed by atoms with Crippen molar-refractivity contribution < 1.29 is 9.59 Å². The van der Waals surface area contributed by atoms with Crippen molar-refractivity contribution in [2.75, 3.05) is 16.8 Å². The first-order valence-electron chi connectivity index (χ1n) is 6.84. The molecule has 23 heavy (non-hydrogen) atoms. The van der Waals surface area contributed by atoms with Crippen molar-refractivity contribution in [3.05, 3.63) is 59.1 Å². The van der Waals surface area contributed by atoms with Crippen molar-refractivity contribution in [3.8, 4) is 6.07 Å². The quantitative estimate of drug-likeness (QED) is 0.937. The summed E-state index contributed by atoms with van der Waals surface area (Å²) in [7, 11) is 0. The van der Waals surface area contributed by atoms with Gasteiger partial charge in [-0.05, 0) is 36.4 Å². The molecule has 2 aromatic rings. The highest BCUT2D eigenvalue weighted by atomic mass is 35.5. The maximum Gasteiger partial charge on any atom is 0.244 e. The Hall–Kier alpha value is -2.84. The molecule has 0 saturated heterocycles. The van der Waals surface area contributed by atoms with Crippen LogP contribution in [0.4, 0.5) is 11.4 Å². The fourth-order valence-electron chi connectivity index (χ4n) is 2.05. The molecule has 0 aliphatic heterocycles. The molecule has 2 aromatic carbocycles. The molecule has 0 atom stereocenters. The highest BCUT2D eigenvalue weighted by Crippen LogP contribution is 2.20. The smallest absolute Gasteiger partial charge is 0.244 e. The number of benzene rings is 2. The number of para-hydroxylation sites is 1. The van der Waals surface area contributed by atoms with Gasteiger partial charge in [0.2, 0.25) is 11.8 Å². The third-order valence-corrected chi connectivity index (χ3v) is 3.38. The van der Waals surface area contributed by atoms with Gasteiger partial charge in [-0.3, -0.25) is 9.59 Å². The normalized spacial score (nSPS) is 9.78. The van der Waals surface area contributed by atoms with Gasteiger partial charge in [0.1, 0.15) is 12.6 Å². The van der Waals surface area contributed by atoms with Crippen LogP contribution >= 0.6 is 11.6 Å². The molecule has 0 unspecified atom stereocenters. The average molecular weight is 328 g/mol. The lowest BCUT2D eigenvalue weighted by Gasteiger charge is -2.21. The summed E-state index contributed by atoms with van der Waals surface area (Å²) in [6.45, 7) is 1.17. The number of nitrogens with one attached hydrogen (secondary N) is 1. The zero-order valence-corrected chi connectivity index (χ0v) is 13.2. The summed E-state index contributed by atoms with van der Waals surface area (Å²) < 4.78 is 0. The second-order valence-electron chi connectivity index (χ2n) is 4.79. The number of rotatable bonds is 4. The molecule has 2 amide bonds. The van der Waals surface area contributed by atoms with E-state index in [0.29, 0.717) is 22.0 Å². The minimum absolute atomic E-state index is 0.184. The van der Waals surface area contributed by atoms with Gasteiger partial charge < -0.3 is 10.2 Å². The highest BCUT2D eigenvalue weighted by Gasteiger charge is 2.18. The van der Waals surface area contributed by atoms with E-state index in [4.69, 9.17) is 16.9 Å². The SMILES string of the molecule is CC(=O)N(CC(=O)Nc1ccc(Cl)cc1)c1ccccc1C#N. The van der Waals surface area contributed by atoms with Crippen LogP contribution in [-0.4, -0.2) is 18.4 Å². The predicted octanol–water partition coefficient (Wildman–Crippen LogP) is 3.20. The van der Waals surface area contributed by atoms with Gasteiger partial charge in [0, 0.05) is 17.6 Å². The van der Waals surface area contributed by atoms with Gasteiger partial charge in [0.15, 0.2) is 0 Å². The standard InChI is InChI=1S/C17H14ClN3O2/c1-12(22)21(16-5-3-2-4-13(16)10-19)11-17(23)20-15-8-6-14(18)7-9-15/h2-9H,11H2,1H3,(H,20,23). The van der Waals surface area contributed by atoms with Crippen molar-refractivity contribution in [3.63, 3.8) is 0 Å². The molecule has 0 spiro atoms. The number of halogens is 1. The number of hydrogen-bond acceptors (Lipinski definition) is 3. The van der Waals surface area contributed by atoms with E-state index in [-0.39, 0.29) is 18.4 Å². The molecule has 1 N–H and O–H groups in total. The van der Waals surface area contributed by atoms with Gasteiger partial charge in [-0.25, -0.2) is 0 Å². The summed E-state index contributed by atoms with van der Waals surface area (Å²) >= 11 is 5.79. The summed E-state index contributed by atoms with van der Waals surface area (Å²) in [6, 6.07) is 15.3. The van der Waals surface area contributed by atoms with E-state index in [9.17, 15) is 9.59 Å². The zero-order chi connectivity index (χ0) is 16.8. The van der Waals surface area contributed by atoms with Crippen LogP contribution < -0.4 is 10.2 Å². The minimum atomic E-state index is -0.365. The van der Waals surface area contributed by atoms with Gasteiger partial charge in [0.05, 0.1) is 11.3 Å². The highest BCUT2D eigenvalue weighted by molar-refractivity contribution is 6.30. The molecule has 0 saturated carbocycles. The Kier molecular flexibility index (Phi) is 5.34. The lowest BCUT2D eigenvalue weighted by Crippen LogP contribution is -2.37. The first-order valence-corrected chi connectivity index (χ1v) is 7.21. The number of hydrogen-bond donors (Lipinski definition) is 1. The second-order valence-corrected chi connectivity index (χ2v) is 5.23. The molecule has 5 nitrogen and oxygen atoms in total. The molecular formula is C17H14ClN3O2. The maximum absolute atomic E-state index is 12.2. The van der Waals surface area contributed by atoms with Crippen molar-refractivity contribution in [2.24, 2.45) is 0 Å². The number of carbonyl (C=O) groups excluding carboxylic acids is 2. The fourth-order valence-corrected chi connectivity index (χ4v) is 2.17. The molecule has 2 rings (SSSR count). The first kappa shape index (κ1) is 16.5. The van der Waals surface area contributed by atoms with Gasteiger partial charge >= 0.3 is 0 Å². The molecule has 116 valence electrons. The van der Waals surface area contributed by atoms with Crippen molar-refractivity contribution in [1.82, 2.24) is 0 Å². The number of amides is 2. The van der Waals surface area contributed by atoms with Crippen LogP contribution in [0.25, 0.3) is 0 Å². The first-order chi connectivity index (χ1) is 11.0. The van der Waals surface area contributed by atoms with Gasteiger partial charge in [-0.2, -0.15) is 5.26 Å². The third kappa shape index (κ3) is 4.31. The van der Waals surface area contributed by atoms with Crippen LogP contribution in [0.2, 0.25) is 5.02 Å². The summed E-state index contributed by atoms with van der Waals surface area (Å²) in [5.41, 5.74) is 1.33. The van der Waals surface area contributed by atoms with Crippen LogP contribution in [0.3, 0.4) is 0 Å². The topological polar surface area (TPSA) is 73.2 Å². The lowest BCUT2D eigenvalue weighted by atomic mass is 10.1. The molecule has 0 bridgehead atoms. The Morgan fingerprint density at radius 3 is 2.43 bits per heavy atom. The Morgan fingerprint density at radius 1 is 1.17 bits per heavy atom. The summed E-state index contributed by atoms with van der Waals surface area (Å²) in [6.07, 6.45) is 0. The van der Waals surface area contributed by atoms with Gasteiger partial charge in [-0.1, -0.05) is 23.7 Å². The molecule has 6 heteroatoms. The zero-order valence-electron chi connectivity index (χ0n) is 12.4. The van der Waals surface area contributed by atoms with E-state index in [1.54, 1.807) is 48.5 Å². The van der Waals surface area contributed by atoms with E-state index in [1.165, 1.54) is 11.8 Å². The average Bonchev–Trinajstić information content (AvgIpc) is 2.54. The molecule has 0 aromatic heterocycles. The monoisotopic (exact) mass is 327 g/mol. The molecule has 0 radical (unpaired) electrons. The Morgan fingerprint density at radius 2 is 1.83 bits per heavy atom. The van der Waals surface area contributed by atoms with Crippen LogP contribution in [0.1, 0.15) is 12.5 Å². The van der Waals surface area contributed by atoms with Crippen LogP contribution in [0, 0.1) is 11.3 Å². The van der Waals surface area contributed by atoms with Crippen LogP contribution in [0.15, 0.2) is 48.5 Å². The third-order valence-electron chi connectivity index (χ3n) is 3.13. The van der Waals surface area contributed by atoms with Gasteiger partial charge in [-0.15, -0.1) is 0 Å². The van der Waals surface area contributed by atoms with E-state index in [1.807, 2.05) is 6.07 Å². The molecule has 0 aliphatic carbocycles. The Labute approximate surface area is 139 Å². The Bertz CT molecular complexity index is 766. The molecule has 0 aliphatic rings. The van der Waals surface area contributed by atoms with E-state index >= 15 is 0 Å². The van der Waals surface area contributed by atoms with Crippen molar-refractivity contribution >= 4 is 34.8 Å². The van der Waals surface area contributed by atoms with Crippen molar-refractivity contribution in [1.29, 1.82) is 5.26 Å². The fraction of sp³-hybridized carbons (Fsp3) is 0.118. The summed E-state index contributed by atoms with van der Waals surface area (Å²) in [5, 5.41) is 12.4. The van der Waals surface area contributed by atoms with E-state index in [2.05, 4.69) is 5.32 Å². The van der Waals surface area contributed by atoms with Crippen LogP contribution in [-0.2, 0) is 9.59 Å². The van der Waals surface area contributed by atoms with E-state index < -0.39 is 0 Å². The number of nitriles is 1. The van der Waals surface area contributed by atoms with Crippen molar-refractivity contribution in [2.45, 2.75) is 6.92 Å². The second kappa shape index (κ2) is 7.43. The molecular weight excluding hydrogens is 314 g/mol. The number of nitrogens with zero attached hydrogens (tertiary/aromatic N) is 2. The Balaban J connectivity index is 2.16. The van der Waals surface area contributed by atoms with Crippen LogP contribution in [0.5, 0.6) is 0 Å².